The number of nitrogens with zero attached hydrogens (tertiary/aromatic N) is 7. The molecule has 4 heterocycles. The number of fused-ring (bicyclic) bond motifs is 1. The molecule has 146 valence electrons. The van der Waals surface area contributed by atoms with Gasteiger partial charge in [0, 0.05) is 26.2 Å². The van der Waals surface area contributed by atoms with Crippen molar-refractivity contribution in [1.29, 1.82) is 0 Å². The van der Waals surface area contributed by atoms with Crippen LogP contribution in [0.15, 0.2) is 29.3 Å². The van der Waals surface area contributed by atoms with Crippen molar-refractivity contribution in [3.05, 3.63) is 30.1 Å². The number of likely N-dealkylation sites (tertiary alicyclic amines) is 1. The second kappa shape index (κ2) is 6.57. The van der Waals surface area contributed by atoms with E-state index in [2.05, 4.69) is 19.1 Å². The molecular formula is C16H17N7O3S2. The van der Waals surface area contributed by atoms with E-state index < -0.39 is 10.0 Å². The van der Waals surface area contributed by atoms with E-state index in [1.807, 2.05) is 0 Å². The lowest BCUT2D eigenvalue weighted by atomic mass is 10.2. The van der Waals surface area contributed by atoms with E-state index in [1.54, 1.807) is 34.0 Å². The molecule has 0 atom stereocenters. The van der Waals surface area contributed by atoms with Gasteiger partial charge in [-0.2, -0.15) is 13.1 Å². The predicted octanol–water partition coefficient (Wildman–Crippen LogP) is 0.764. The largest absolute Gasteiger partial charge is 0.337 e. The molecule has 10 nitrogen and oxygen atoms in total. The molecule has 2 fully saturated rings. The first kappa shape index (κ1) is 17.6. The SMILES string of the molecule is O=C(c1cn(C2CN(S(=O)(=O)c3cccc4nsnc34)C2)nn1)N1CCCC1. The molecule has 0 spiro atoms. The Labute approximate surface area is 165 Å². The van der Waals surface area contributed by atoms with Crippen LogP contribution in [-0.4, -0.2) is 73.5 Å². The number of aromatic nitrogens is 5. The van der Waals surface area contributed by atoms with Crippen molar-refractivity contribution in [2.24, 2.45) is 0 Å². The minimum absolute atomic E-state index is 0.115. The number of benzene rings is 1. The van der Waals surface area contributed by atoms with Crippen molar-refractivity contribution in [3.8, 4) is 0 Å². The Bertz CT molecular complexity index is 1140. The van der Waals surface area contributed by atoms with Crippen molar-refractivity contribution >= 4 is 38.7 Å². The summed E-state index contributed by atoms with van der Waals surface area (Å²) in [5, 5.41) is 8.02. The lowest BCUT2D eigenvalue weighted by Gasteiger charge is -2.37. The molecule has 3 aromatic rings. The van der Waals surface area contributed by atoms with Crippen molar-refractivity contribution in [3.63, 3.8) is 0 Å². The fraction of sp³-hybridized carbons (Fsp3) is 0.438. The molecule has 12 heteroatoms. The van der Waals surface area contributed by atoms with Crippen LogP contribution in [0.5, 0.6) is 0 Å². The van der Waals surface area contributed by atoms with Crippen LogP contribution in [0.3, 0.4) is 0 Å². The number of hydrogen-bond acceptors (Lipinski definition) is 8. The fourth-order valence-corrected chi connectivity index (χ4v) is 5.81. The standard InChI is InChI=1S/C16H17N7O3S2/c24-16(21-6-1-2-7-21)13-10-23(20-17-13)11-8-22(9-11)28(25,26)14-5-3-4-12-15(14)19-27-18-12/h3-5,10-11H,1-2,6-9H2. The zero-order valence-corrected chi connectivity index (χ0v) is 16.4. The van der Waals surface area contributed by atoms with E-state index >= 15 is 0 Å². The predicted molar refractivity (Wildman–Crippen MR) is 100 cm³/mol. The molecule has 2 aliphatic heterocycles. The average Bonchev–Trinajstić information content (AvgIpc) is 3.39. The van der Waals surface area contributed by atoms with Crippen molar-refractivity contribution in [2.75, 3.05) is 26.2 Å². The Balaban J connectivity index is 1.31. The number of sulfonamides is 1. The van der Waals surface area contributed by atoms with Gasteiger partial charge in [0.05, 0.1) is 24.0 Å². The summed E-state index contributed by atoms with van der Waals surface area (Å²) in [6.45, 7) is 2.05. The summed E-state index contributed by atoms with van der Waals surface area (Å²) in [6, 6.07) is 4.82. The van der Waals surface area contributed by atoms with Crippen LogP contribution in [0, 0.1) is 0 Å². The quantitative estimate of drug-likeness (QED) is 0.613. The van der Waals surface area contributed by atoms with E-state index in [4.69, 9.17) is 0 Å². The molecule has 28 heavy (non-hydrogen) atoms. The smallest absolute Gasteiger partial charge is 0.276 e. The molecule has 1 aromatic carbocycles. The van der Waals surface area contributed by atoms with Gasteiger partial charge in [0.25, 0.3) is 5.91 Å². The summed E-state index contributed by atoms with van der Waals surface area (Å²) in [6.07, 6.45) is 3.63. The van der Waals surface area contributed by atoms with Gasteiger partial charge < -0.3 is 4.90 Å². The van der Waals surface area contributed by atoms with E-state index in [-0.39, 0.29) is 29.9 Å². The van der Waals surface area contributed by atoms with Crippen molar-refractivity contribution in [1.82, 2.24) is 32.9 Å². The number of carbonyl (C=O) groups is 1. The topological polar surface area (TPSA) is 114 Å². The van der Waals surface area contributed by atoms with Crippen LogP contribution in [-0.2, 0) is 10.0 Å². The Hall–Kier alpha value is -2.44. The normalized spacial score (nSPS) is 18.6. The fourth-order valence-electron chi connectivity index (χ4n) is 3.54. The highest BCUT2D eigenvalue weighted by atomic mass is 32.2. The highest BCUT2D eigenvalue weighted by Gasteiger charge is 2.39. The van der Waals surface area contributed by atoms with Crippen LogP contribution < -0.4 is 0 Å². The maximum Gasteiger partial charge on any atom is 0.276 e. The zero-order chi connectivity index (χ0) is 19.3. The van der Waals surface area contributed by atoms with Gasteiger partial charge >= 0.3 is 0 Å². The second-order valence-electron chi connectivity index (χ2n) is 6.95. The Morgan fingerprint density at radius 3 is 2.71 bits per heavy atom. The number of rotatable bonds is 4. The highest BCUT2D eigenvalue weighted by Crippen LogP contribution is 2.31. The van der Waals surface area contributed by atoms with Gasteiger partial charge in [0.1, 0.15) is 15.9 Å². The minimum atomic E-state index is -3.66. The molecule has 0 unspecified atom stereocenters. The van der Waals surface area contributed by atoms with Gasteiger partial charge in [0.2, 0.25) is 10.0 Å². The van der Waals surface area contributed by atoms with Crippen LogP contribution in [0.4, 0.5) is 0 Å². The maximum atomic E-state index is 12.9. The van der Waals surface area contributed by atoms with E-state index in [0.717, 1.165) is 37.7 Å². The van der Waals surface area contributed by atoms with Gasteiger partial charge in [-0.15, -0.1) is 5.10 Å². The second-order valence-corrected chi connectivity index (χ2v) is 9.38. The first-order valence-electron chi connectivity index (χ1n) is 8.96. The van der Waals surface area contributed by atoms with Gasteiger partial charge in [-0.25, -0.2) is 13.1 Å². The molecule has 5 rings (SSSR count). The average molecular weight is 419 g/mol. The Morgan fingerprint density at radius 2 is 1.93 bits per heavy atom. The summed E-state index contributed by atoms with van der Waals surface area (Å²) in [5.41, 5.74) is 1.28. The Kier molecular flexibility index (Phi) is 4.14. The van der Waals surface area contributed by atoms with Gasteiger partial charge in [-0.1, -0.05) is 11.3 Å². The number of hydrogen-bond donors (Lipinski definition) is 0. The summed E-state index contributed by atoms with van der Waals surface area (Å²) in [5.74, 6) is -0.115. The molecule has 0 N–H and O–H groups in total. The first-order chi connectivity index (χ1) is 13.5. The number of carbonyl (C=O) groups excluding carboxylic acids is 1. The van der Waals surface area contributed by atoms with Crippen LogP contribution in [0.1, 0.15) is 29.4 Å². The monoisotopic (exact) mass is 419 g/mol. The third-order valence-corrected chi connectivity index (χ3v) is 7.60. The van der Waals surface area contributed by atoms with Gasteiger partial charge in [-0.05, 0) is 25.0 Å². The molecule has 1 amide bonds. The van der Waals surface area contributed by atoms with E-state index in [0.29, 0.717) is 16.7 Å². The van der Waals surface area contributed by atoms with Gasteiger partial charge in [-0.3, -0.25) is 4.79 Å². The molecular weight excluding hydrogens is 402 g/mol. The summed E-state index contributed by atoms with van der Waals surface area (Å²) < 4.78 is 37.1. The molecule has 2 aliphatic rings. The third-order valence-electron chi connectivity index (χ3n) is 5.19. The molecule has 0 radical (unpaired) electrons. The zero-order valence-electron chi connectivity index (χ0n) is 14.8. The molecule has 2 aromatic heterocycles. The first-order valence-corrected chi connectivity index (χ1v) is 11.1. The highest BCUT2D eigenvalue weighted by molar-refractivity contribution is 7.89. The lowest BCUT2D eigenvalue weighted by Crippen LogP contribution is -2.50. The van der Waals surface area contributed by atoms with Gasteiger partial charge in [0.15, 0.2) is 5.69 Å². The third kappa shape index (κ3) is 2.79. The molecule has 0 saturated carbocycles. The van der Waals surface area contributed by atoms with Crippen LogP contribution >= 0.6 is 11.7 Å². The van der Waals surface area contributed by atoms with Crippen molar-refractivity contribution in [2.45, 2.75) is 23.8 Å². The number of amides is 1. The van der Waals surface area contributed by atoms with Crippen molar-refractivity contribution < 1.29 is 13.2 Å². The van der Waals surface area contributed by atoms with E-state index in [9.17, 15) is 13.2 Å². The summed E-state index contributed by atoms with van der Waals surface area (Å²) >= 11 is 0.992. The molecule has 0 bridgehead atoms. The van der Waals surface area contributed by atoms with Crippen LogP contribution in [0.25, 0.3) is 11.0 Å². The van der Waals surface area contributed by atoms with Crippen LogP contribution in [0.2, 0.25) is 0 Å². The Morgan fingerprint density at radius 1 is 1.14 bits per heavy atom. The molecule has 0 aliphatic carbocycles. The lowest BCUT2D eigenvalue weighted by molar-refractivity contribution is 0.0786. The van der Waals surface area contributed by atoms with E-state index in [1.165, 1.54) is 4.31 Å². The molecule has 2 saturated heterocycles. The summed E-state index contributed by atoms with van der Waals surface area (Å²) in [7, 11) is -3.66. The minimum Gasteiger partial charge on any atom is -0.337 e. The maximum absolute atomic E-state index is 12.9. The summed E-state index contributed by atoms with van der Waals surface area (Å²) in [4.78, 5) is 14.3.